The summed E-state index contributed by atoms with van der Waals surface area (Å²) in [6.07, 6.45) is 0.271. The zero-order chi connectivity index (χ0) is 14.5. The Labute approximate surface area is 121 Å². The first-order valence-electron chi connectivity index (χ1n) is 6.55. The van der Waals surface area contributed by atoms with Crippen molar-refractivity contribution in [3.8, 4) is 0 Å². The van der Waals surface area contributed by atoms with Gasteiger partial charge in [-0.05, 0) is 18.4 Å². The molecule has 0 bridgehead atoms. The number of hydrogen-bond acceptors (Lipinski definition) is 4. The highest BCUT2D eigenvalue weighted by atomic mass is 32.1. The molecule has 2 unspecified atom stereocenters. The van der Waals surface area contributed by atoms with Gasteiger partial charge in [-0.1, -0.05) is 6.07 Å². The van der Waals surface area contributed by atoms with Crippen LogP contribution in [0.3, 0.4) is 0 Å². The first-order chi connectivity index (χ1) is 9.56. The number of nitrogens with one attached hydrogen (secondary N) is 1. The zero-order valence-corrected chi connectivity index (χ0v) is 12.2. The Hall–Kier alpha value is -1.60. The molecule has 20 heavy (non-hydrogen) atoms. The van der Waals surface area contributed by atoms with E-state index < -0.39 is 6.03 Å². The Kier molecular flexibility index (Phi) is 4.97. The lowest BCUT2D eigenvalue weighted by atomic mass is 10.1. The van der Waals surface area contributed by atoms with Gasteiger partial charge < -0.3 is 20.7 Å². The Balaban J connectivity index is 2.00. The number of rotatable bonds is 4. The van der Waals surface area contributed by atoms with Crippen molar-refractivity contribution in [1.29, 1.82) is 0 Å². The third-order valence-electron chi connectivity index (χ3n) is 3.18. The molecule has 7 heteroatoms. The molecule has 0 aromatic carbocycles. The lowest BCUT2D eigenvalue weighted by Crippen LogP contribution is -2.46. The molecule has 0 spiro atoms. The Morgan fingerprint density at radius 2 is 2.45 bits per heavy atom. The van der Waals surface area contributed by atoms with Crippen LogP contribution in [0.5, 0.6) is 0 Å². The van der Waals surface area contributed by atoms with E-state index in [1.807, 2.05) is 24.4 Å². The van der Waals surface area contributed by atoms with Crippen molar-refractivity contribution < 1.29 is 14.3 Å². The lowest BCUT2D eigenvalue weighted by Gasteiger charge is -2.32. The van der Waals surface area contributed by atoms with E-state index in [9.17, 15) is 9.59 Å². The van der Waals surface area contributed by atoms with Crippen molar-refractivity contribution in [2.24, 2.45) is 5.73 Å². The van der Waals surface area contributed by atoms with Crippen molar-refractivity contribution in [3.05, 3.63) is 22.4 Å². The third kappa shape index (κ3) is 3.94. The van der Waals surface area contributed by atoms with Gasteiger partial charge in [-0.15, -0.1) is 11.3 Å². The van der Waals surface area contributed by atoms with Crippen LogP contribution in [0.15, 0.2) is 17.5 Å². The molecule has 1 aliphatic heterocycles. The molecule has 1 aliphatic rings. The highest BCUT2D eigenvalue weighted by Crippen LogP contribution is 2.23. The smallest absolute Gasteiger partial charge is 0.312 e. The second kappa shape index (κ2) is 6.71. The second-order valence-corrected chi connectivity index (χ2v) is 5.78. The van der Waals surface area contributed by atoms with Crippen LogP contribution in [0, 0.1) is 0 Å². The topological polar surface area (TPSA) is 84.7 Å². The van der Waals surface area contributed by atoms with Crippen molar-refractivity contribution >= 4 is 23.3 Å². The number of urea groups is 1. The summed E-state index contributed by atoms with van der Waals surface area (Å²) in [5.41, 5.74) is 5.19. The van der Waals surface area contributed by atoms with E-state index in [4.69, 9.17) is 10.5 Å². The first-order valence-corrected chi connectivity index (χ1v) is 7.43. The van der Waals surface area contributed by atoms with Crippen LogP contribution in [0.1, 0.15) is 24.3 Å². The van der Waals surface area contributed by atoms with Crippen LogP contribution in [-0.2, 0) is 9.53 Å². The van der Waals surface area contributed by atoms with E-state index in [0.717, 1.165) is 4.88 Å². The molecule has 2 rings (SSSR count). The van der Waals surface area contributed by atoms with Gasteiger partial charge in [0.1, 0.15) is 0 Å². The van der Waals surface area contributed by atoms with E-state index >= 15 is 0 Å². The van der Waals surface area contributed by atoms with Gasteiger partial charge in [0, 0.05) is 18.0 Å². The maximum Gasteiger partial charge on any atom is 0.312 e. The zero-order valence-electron chi connectivity index (χ0n) is 11.4. The number of thiophene rings is 1. The summed E-state index contributed by atoms with van der Waals surface area (Å²) in [5, 5.41) is 4.54. The number of ether oxygens (including phenoxy) is 1. The average Bonchev–Trinajstić information content (AvgIpc) is 2.91. The van der Waals surface area contributed by atoms with E-state index in [0.29, 0.717) is 19.7 Å². The summed E-state index contributed by atoms with van der Waals surface area (Å²) in [6, 6.07) is 2.79. The average molecular weight is 297 g/mol. The third-order valence-corrected chi connectivity index (χ3v) is 4.16. The van der Waals surface area contributed by atoms with Gasteiger partial charge in [-0.3, -0.25) is 4.79 Å². The molecule has 1 fully saturated rings. The number of carbonyl (C=O) groups is 2. The molecule has 110 valence electrons. The van der Waals surface area contributed by atoms with Gasteiger partial charge in [0.05, 0.1) is 25.2 Å². The van der Waals surface area contributed by atoms with Crippen LogP contribution in [0.4, 0.5) is 4.79 Å². The van der Waals surface area contributed by atoms with Crippen LogP contribution >= 0.6 is 11.3 Å². The molecule has 1 aromatic heterocycles. The molecular formula is C13H19N3O3S. The molecule has 0 aliphatic carbocycles. The van der Waals surface area contributed by atoms with E-state index in [2.05, 4.69) is 5.32 Å². The second-order valence-electron chi connectivity index (χ2n) is 4.80. The van der Waals surface area contributed by atoms with Gasteiger partial charge in [0.15, 0.2) is 0 Å². The summed E-state index contributed by atoms with van der Waals surface area (Å²) in [5.74, 6) is 0.00676. The quantitative estimate of drug-likeness (QED) is 0.872. The standard InChI is InChI=1S/C13H19N3O3S/c1-9-8-16(4-5-19-9)12(17)7-10(15-13(14)18)11-3-2-6-20-11/h2-3,6,9-10H,4-5,7-8H2,1H3,(H3,14,15,18). The summed E-state index contributed by atoms with van der Waals surface area (Å²) in [7, 11) is 0. The number of amides is 3. The van der Waals surface area contributed by atoms with Crippen molar-refractivity contribution in [2.75, 3.05) is 19.7 Å². The maximum atomic E-state index is 12.3. The fourth-order valence-electron chi connectivity index (χ4n) is 2.23. The Bertz CT molecular complexity index is 463. The minimum absolute atomic E-state index is 0.00676. The van der Waals surface area contributed by atoms with Gasteiger partial charge >= 0.3 is 6.03 Å². The van der Waals surface area contributed by atoms with Gasteiger partial charge in [0.2, 0.25) is 5.91 Å². The number of morpholine rings is 1. The monoisotopic (exact) mass is 297 g/mol. The number of nitrogens with two attached hydrogens (primary N) is 1. The largest absolute Gasteiger partial charge is 0.375 e. The van der Waals surface area contributed by atoms with Gasteiger partial charge in [0.25, 0.3) is 0 Å². The number of nitrogens with zero attached hydrogens (tertiary/aromatic N) is 1. The number of primary amides is 1. The predicted molar refractivity (Wildman–Crippen MR) is 76.4 cm³/mol. The Morgan fingerprint density at radius 3 is 3.05 bits per heavy atom. The molecule has 2 atom stereocenters. The van der Waals surface area contributed by atoms with E-state index in [1.54, 1.807) is 4.90 Å². The molecule has 6 nitrogen and oxygen atoms in total. The molecule has 3 amide bonds. The van der Waals surface area contributed by atoms with Crippen molar-refractivity contribution in [1.82, 2.24) is 10.2 Å². The minimum Gasteiger partial charge on any atom is -0.375 e. The highest BCUT2D eigenvalue weighted by molar-refractivity contribution is 7.10. The minimum atomic E-state index is -0.619. The maximum absolute atomic E-state index is 12.3. The molecule has 1 saturated heterocycles. The summed E-state index contributed by atoms with van der Waals surface area (Å²) in [4.78, 5) is 26.1. The van der Waals surface area contributed by atoms with Crippen molar-refractivity contribution in [2.45, 2.75) is 25.5 Å². The van der Waals surface area contributed by atoms with E-state index in [1.165, 1.54) is 11.3 Å². The predicted octanol–water partition coefficient (Wildman–Crippen LogP) is 1.09. The Morgan fingerprint density at radius 1 is 1.65 bits per heavy atom. The van der Waals surface area contributed by atoms with Crippen LogP contribution < -0.4 is 11.1 Å². The first kappa shape index (κ1) is 14.8. The normalized spacial score (nSPS) is 20.4. The van der Waals surface area contributed by atoms with Gasteiger partial charge in [-0.2, -0.15) is 0 Å². The molecule has 2 heterocycles. The van der Waals surface area contributed by atoms with Crippen molar-refractivity contribution in [3.63, 3.8) is 0 Å². The highest BCUT2D eigenvalue weighted by Gasteiger charge is 2.25. The lowest BCUT2D eigenvalue weighted by molar-refractivity contribution is -0.138. The fraction of sp³-hybridized carbons (Fsp3) is 0.538. The van der Waals surface area contributed by atoms with Gasteiger partial charge in [-0.25, -0.2) is 4.79 Å². The molecular weight excluding hydrogens is 278 g/mol. The summed E-state index contributed by atoms with van der Waals surface area (Å²) < 4.78 is 5.42. The fourth-order valence-corrected chi connectivity index (χ4v) is 3.01. The summed E-state index contributed by atoms with van der Waals surface area (Å²) in [6.45, 7) is 3.68. The number of carbonyl (C=O) groups excluding carboxylic acids is 2. The molecule has 0 radical (unpaired) electrons. The van der Waals surface area contributed by atoms with Crippen LogP contribution in [0.2, 0.25) is 0 Å². The number of hydrogen-bond donors (Lipinski definition) is 2. The summed E-state index contributed by atoms with van der Waals surface area (Å²) >= 11 is 1.50. The SMILES string of the molecule is CC1CN(C(=O)CC(NC(N)=O)c2cccs2)CCO1. The molecule has 3 N–H and O–H groups in total. The van der Waals surface area contributed by atoms with Crippen LogP contribution in [-0.4, -0.2) is 42.6 Å². The van der Waals surface area contributed by atoms with E-state index in [-0.39, 0.29) is 24.5 Å². The molecule has 1 aromatic rings. The van der Waals surface area contributed by atoms with Crippen LogP contribution in [0.25, 0.3) is 0 Å². The molecule has 0 saturated carbocycles.